The third-order valence-electron chi connectivity index (χ3n) is 3.35. The molecule has 0 aromatic heterocycles. The molecule has 0 radical (unpaired) electrons. The molecule has 22 heavy (non-hydrogen) atoms. The molecule has 2 aromatic rings. The van der Waals surface area contributed by atoms with Gasteiger partial charge in [0.25, 0.3) is 0 Å². The summed E-state index contributed by atoms with van der Waals surface area (Å²) in [6, 6.07) is 18.7. The Kier molecular flexibility index (Phi) is 5.78. The highest BCUT2D eigenvalue weighted by Crippen LogP contribution is 2.36. The molecular weight excluding hydrogens is 296 g/mol. The number of carbonyl (C=O) groups is 2. The number of rotatable bonds is 7. The molecule has 0 aliphatic carbocycles. The van der Waals surface area contributed by atoms with Gasteiger partial charge in [-0.25, -0.2) is 0 Å². The lowest BCUT2D eigenvalue weighted by Gasteiger charge is -2.18. The summed E-state index contributed by atoms with van der Waals surface area (Å²) in [5, 5.41) is 8.40. The largest absolute Gasteiger partial charge is 0.480 e. The standard InChI is InChI=1S/C18H18O3S/c1-13(18(20)21)22-17(15-10-6-3-7-11-15)12-16(19)14-8-4-2-5-9-14/h2-11,13,17H,12H2,1H3,(H,20,21)/t13-,17+/m1/s1. The smallest absolute Gasteiger partial charge is 0.316 e. The molecule has 0 fully saturated rings. The Morgan fingerprint density at radius 3 is 2.09 bits per heavy atom. The van der Waals surface area contributed by atoms with Crippen molar-refractivity contribution >= 4 is 23.5 Å². The maximum Gasteiger partial charge on any atom is 0.316 e. The van der Waals surface area contributed by atoms with Gasteiger partial charge in [0.05, 0.1) is 0 Å². The highest BCUT2D eigenvalue weighted by molar-refractivity contribution is 8.00. The Morgan fingerprint density at radius 1 is 1.00 bits per heavy atom. The predicted octanol–water partition coefficient (Wildman–Crippen LogP) is 4.21. The lowest BCUT2D eigenvalue weighted by atomic mass is 10.0. The maximum atomic E-state index is 12.4. The molecule has 2 rings (SSSR count). The molecule has 0 saturated carbocycles. The number of thioether (sulfide) groups is 1. The summed E-state index contributed by atoms with van der Waals surface area (Å²) in [6.45, 7) is 1.65. The van der Waals surface area contributed by atoms with Crippen molar-refractivity contribution in [2.24, 2.45) is 0 Å². The van der Waals surface area contributed by atoms with Crippen LogP contribution >= 0.6 is 11.8 Å². The molecule has 0 saturated heterocycles. The minimum Gasteiger partial charge on any atom is -0.480 e. The van der Waals surface area contributed by atoms with E-state index in [0.29, 0.717) is 5.56 Å². The van der Waals surface area contributed by atoms with Crippen molar-refractivity contribution in [3.63, 3.8) is 0 Å². The van der Waals surface area contributed by atoms with Gasteiger partial charge in [-0.3, -0.25) is 9.59 Å². The van der Waals surface area contributed by atoms with Crippen LogP contribution in [0, 0.1) is 0 Å². The Balaban J connectivity index is 2.18. The fraction of sp³-hybridized carbons (Fsp3) is 0.222. The van der Waals surface area contributed by atoms with E-state index in [2.05, 4.69) is 0 Å². The van der Waals surface area contributed by atoms with Crippen molar-refractivity contribution < 1.29 is 14.7 Å². The lowest BCUT2D eigenvalue weighted by Crippen LogP contribution is -2.15. The van der Waals surface area contributed by atoms with Gasteiger partial charge in [0.15, 0.2) is 5.78 Å². The van der Waals surface area contributed by atoms with Gasteiger partial charge in [0.1, 0.15) is 5.25 Å². The van der Waals surface area contributed by atoms with Gasteiger partial charge >= 0.3 is 5.97 Å². The van der Waals surface area contributed by atoms with E-state index in [4.69, 9.17) is 5.11 Å². The second-order valence-electron chi connectivity index (χ2n) is 5.01. The summed E-state index contributed by atoms with van der Waals surface area (Å²) >= 11 is 1.31. The van der Waals surface area contributed by atoms with E-state index in [9.17, 15) is 9.59 Å². The quantitative estimate of drug-likeness (QED) is 0.778. The molecule has 0 amide bonds. The van der Waals surface area contributed by atoms with Crippen molar-refractivity contribution in [1.82, 2.24) is 0 Å². The van der Waals surface area contributed by atoms with Crippen molar-refractivity contribution in [2.45, 2.75) is 23.8 Å². The SMILES string of the molecule is C[C@@H](S[C@@H](CC(=O)c1ccccc1)c1ccccc1)C(=O)O. The second-order valence-corrected chi connectivity index (χ2v) is 6.56. The van der Waals surface area contributed by atoms with E-state index in [0.717, 1.165) is 5.56 Å². The summed E-state index contributed by atoms with van der Waals surface area (Å²) in [5.41, 5.74) is 1.64. The van der Waals surface area contributed by atoms with Gasteiger partial charge in [0.2, 0.25) is 0 Å². The van der Waals surface area contributed by atoms with Gasteiger partial charge in [0, 0.05) is 17.2 Å². The average Bonchev–Trinajstić information content (AvgIpc) is 2.55. The molecule has 1 N–H and O–H groups in total. The lowest BCUT2D eigenvalue weighted by molar-refractivity contribution is -0.136. The third-order valence-corrected chi connectivity index (χ3v) is 4.73. The van der Waals surface area contributed by atoms with Crippen LogP contribution in [0.25, 0.3) is 0 Å². The summed E-state index contributed by atoms with van der Waals surface area (Å²) in [7, 11) is 0. The van der Waals surface area contributed by atoms with Crippen LogP contribution in [0.3, 0.4) is 0 Å². The Hall–Kier alpha value is -2.07. The summed E-state index contributed by atoms with van der Waals surface area (Å²) in [6.07, 6.45) is 0.288. The zero-order chi connectivity index (χ0) is 15.9. The zero-order valence-electron chi connectivity index (χ0n) is 12.3. The second kappa shape index (κ2) is 7.80. The first kappa shape index (κ1) is 16.3. The van der Waals surface area contributed by atoms with Crippen molar-refractivity contribution in [1.29, 1.82) is 0 Å². The molecule has 0 aliphatic heterocycles. The van der Waals surface area contributed by atoms with Gasteiger partial charge in [-0.05, 0) is 12.5 Å². The molecule has 0 spiro atoms. The Bertz CT molecular complexity index is 625. The minimum absolute atomic E-state index is 0.0274. The highest BCUT2D eigenvalue weighted by Gasteiger charge is 2.23. The molecule has 0 bridgehead atoms. The van der Waals surface area contributed by atoms with E-state index in [1.165, 1.54) is 11.8 Å². The van der Waals surface area contributed by atoms with Gasteiger partial charge in [-0.2, -0.15) is 0 Å². The minimum atomic E-state index is -0.863. The third kappa shape index (κ3) is 4.46. The van der Waals surface area contributed by atoms with E-state index >= 15 is 0 Å². The molecule has 2 aromatic carbocycles. The molecule has 0 unspecified atom stereocenters. The first-order valence-electron chi connectivity index (χ1n) is 7.09. The number of aliphatic carboxylic acids is 1. The summed E-state index contributed by atoms with van der Waals surface area (Å²) in [4.78, 5) is 23.5. The van der Waals surface area contributed by atoms with Gasteiger partial charge in [-0.1, -0.05) is 60.7 Å². The van der Waals surface area contributed by atoms with Crippen LogP contribution in [0.4, 0.5) is 0 Å². The van der Waals surface area contributed by atoms with Crippen LogP contribution in [0.1, 0.15) is 34.5 Å². The normalized spacial score (nSPS) is 13.3. The number of hydrogen-bond donors (Lipinski definition) is 1. The van der Waals surface area contributed by atoms with Crippen molar-refractivity contribution in [3.05, 3.63) is 71.8 Å². The molecule has 0 aliphatic rings. The van der Waals surface area contributed by atoms with Gasteiger partial charge < -0.3 is 5.11 Å². The van der Waals surface area contributed by atoms with E-state index in [1.54, 1.807) is 19.1 Å². The van der Waals surface area contributed by atoms with Crippen molar-refractivity contribution in [3.8, 4) is 0 Å². The van der Waals surface area contributed by atoms with Crippen LogP contribution in [-0.2, 0) is 4.79 Å². The molecule has 114 valence electrons. The molecule has 0 heterocycles. The number of carboxylic acids is 1. The number of hydrogen-bond acceptors (Lipinski definition) is 3. The molecule has 4 heteroatoms. The van der Waals surface area contributed by atoms with Crippen LogP contribution in [0.2, 0.25) is 0 Å². The van der Waals surface area contributed by atoms with E-state index in [1.807, 2.05) is 48.5 Å². The number of benzene rings is 2. The molecular formula is C18H18O3S. The number of carboxylic acid groups (broad SMARTS) is 1. The number of ketones is 1. The topological polar surface area (TPSA) is 54.4 Å². The van der Waals surface area contributed by atoms with Crippen LogP contribution in [0.15, 0.2) is 60.7 Å². The fourth-order valence-electron chi connectivity index (χ4n) is 2.13. The zero-order valence-corrected chi connectivity index (χ0v) is 13.1. The van der Waals surface area contributed by atoms with E-state index in [-0.39, 0.29) is 17.5 Å². The van der Waals surface area contributed by atoms with E-state index < -0.39 is 11.2 Å². The van der Waals surface area contributed by atoms with Crippen LogP contribution in [-0.4, -0.2) is 22.1 Å². The fourth-order valence-corrected chi connectivity index (χ4v) is 3.30. The van der Waals surface area contributed by atoms with Crippen LogP contribution < -0.4 is 0 Å². The van der Waals surface area contributed by atoms with Crippen LogP contribution in [0.5, 0.6) is 0 Å². The maximum absolute atomic E-state index is 12.4. The summed E-state index contributed by atoms with van der Waals surface area (Å²) < 4.78 is 0. The predicted molar refractivity (Wildman–Crippen MR) is 89.3 cm³/mol. The Labute approximate surface area is 134 Å². The first-order chi connectivity index (χ1) is 10.6. The Morgan fingerprint density at radius 2 is 1.55 bits per heavy atom. The monoisotopic (exact) mass is 314 g/mol. The van der Waals surface area contributed by atoms with Crippen molar-refractivity contribution in [2.75, 3.05) is 0 Å². The average molecular weight is 314 g/mol. The number of Topliss-reactive ketones (excluding diaryl/α,β-unsaturated/α-hetero) is 1. The molecule has 2 atom stereocenters. The first-order valence-corrected chi connectivity index (χ1v) is 8.03. The molecule has 3 nitrogen and oxygen atoms in total. The van der Waals surface area contributed by atoms with Gasteiger partial charge in [-0.15, -0.1) is 11.8 Å². The number of carbonyl (C=O) groups excluding carboxylic acids is 1. The summed E-state index contributed by atoms with van der Waals surface area (Å²) in [5.74, 6) is -0.836. The highest BCUT2D eigenvalue weighted by atomic mass is 32.2.